The van der Waals surface area contributed by atoms with Gasteiger partial charge in [0.1, 0.15) is 5.82 Å². The molecule has 2 fully saturated rings. The van der Waals surface area contributed by atoms with E-state index < -0.39 is 0 Å². The maximum absolute atomic E-state index is 13.2. The fourth-order valence-corrected chi connectivity index (χ4v) is 4.64. The molecule has 1 aromatic carbocycles. The van der Waals surface area contributed by atoms with Gasteiger partial charge in [-0.05, 0) is 51.8 Å². The minimum atomic E-state index is -0.0522. The van der Waals surface area contributed by atoms with E-state index in [1.165, 1.54) is 0 Å². The lowest BCUT2D eigenvalue weighted by molar-refractivity contribution is -0.117. The molecule has 1 atom stereocenters. The lowest BCUT2D eigenvalue weighted by Gasteiger charge is -2.20. The third-order valence-electron chi connectivity index (χ3n) is 6.60. The molecule has 4 rings (SSSR count). The molecular weight excluding hydrogens is 418 g/mol. The summed E-state index contributed by atoms with van der Waals surface area (Å²) in [6, 6.07) is 7.32. The Balaban J connectivity index is 1.45. The van der Waals surface area contributed by atoms with E-state index in [4.69, 9.17) is 0 Å². The first-order valence-electron chi connectivity index (χ1n) is 11.7. The summed E-state index contributed by atoms with van der Waals surface area (Å²) in [5.74, 6) is 0.722. The summed E-state index contributed by atoms with van der Waals surface area (Å²) in [5, 5.41) is 0. The Kier molecular flexibility index (Phi) is 6.72. The molecule has 8 nitrogen and oxygen atoms in total. The SMILES string of the molecule is CCN(CC)C(=O)c1cnc([C@@H]2CCN(C(=O)c3cccc(N4CCCC4=O)c3)C2)nc1C. The van der Waals surface area contributed by atoms with Crippen LogP contribution < -0.4 is 4.90 Å². The highest BCUT2D eigenvalue weighted by Crippen LogP contribution is 2.28. The predicted octanol–water partition coefficient (Wildman–Crippen LogP) is 3.02. The fraction of sp³-hybridized carbons (Fsp3) is 0.480. The Morgan fingerprint density at radius 2 is 1.97 bits per heavy atom. The molecule has 0 spiro atoms. The Labute approximate surface area is 194 Å². The Bertz CT molecular complexity index is 1070. The second-order valence-corrected chi connectivity index (χ2v) is 8.64. The van der Waals surface area contributed by atoms with E-state index in [9.17, 15) is 14.4 Å². The van der Waals surface area contributed by atoms with E-state index in [1.54, 1.807) is 22.1 Å². The van der Waals surface area contributed by atoms with Gasteiger partial charge in [0.2, 0.25) is 5.91 Å². The number of hydrogen-bond donors (Lipinski definition) is 0. The van der Waals surface area contributed by atoms with Crippen molar-refractivity contribution in [1.82, 2.24) is 19.8 Å². The topological polar surface area (TPSA) is 86.7 Å². The average Bonchev–Trinajstić information content (AvgIpc) is 3.49. The van der Waals surface area contributed by atoms with E-state index in [-0.39, 0.29) is 23.6 Å². The molecule has 3 heterocycles. The summed E-state index contributed by atoms with van der Waals surface area (Å²) < 4.78 is 0. The van der Waals surface area contributed by atoms with Crippen molar-refractivity contribution >= 4 is 23.4 Å². The first-order valence-corrected chi connectivity index (χ1v) is 11.7. The number of aromatic nitrogens is 2. The number of rotatable bonds is 6. The molecule has 2 aromatic rings. The number of carbonyl (C=O) groups excluding carboxylic acids is 3. The van der Waals surface area contributed by atoms with Crippen molar-refractivity contribution in [2.75, 3.05) is 37.6 Å². The van der Waals surface area contributed by atoms with Crippen LogP contribution in [0.2, 0.25) is 0 Å². The molecule has 2 saturated heterocycles. The van der Waals surface area contributed by atoms with Gasteiger partial charge in [-0.25, -0.2) is 9.97 Å². The lowest BCUT2D eigenvalue weighted by Crippen LogP contribution is -2.31. The maximum Gasteiger partial charge on any atom is 0.257 e. The van der Waals surface area contributed by atoms with Crippen molar-refractivity contribution in [3.05, 3.63) is 53.1 Å². The van der Waals surface area contributed by atoms with Gasteiger partial charge in [-0.15, -0.1) is 0 Å². The van der Waals surface area contributed by atoms with Crippen molar-refractivity contribution in [3.8, 4) is 0 Å². The van der Waals surface area contributed by atoms with Gasteiger partial charge in [-0.1, -0.05) is 6.07 Å². The van der Waals surface area contributed by atoms with Crippen molar-refractivity contribution < 1.29 is 14.4 Å². The average molecular weight is 450 g/mol. The zero-order valence-electron chi connectivity index (χ0n) is 19.6. The lowest BCUT2D eigenvalue weighted by atomic mass is 10.1. The molecule has 2 aliphatic rings. The van der Waals surface area contributed by atoms with E-state index in [0.717, 1.165) is 18.5 Å². The first-order chi connectivity index (χ1) is 15.9. The van der Waals surface area contributed by atoms with Crippen molar-refractivity contribution in [2.24, 2.45) is 0 Å². The minimum Gasteiger partial charge on any atom is -0.339 e. The van der Waals surface area contributed by atoms with Crippen LogP contribution in [-0.2, 0) is 4.79 Å². The van der Waals surface area contributed by atoms with Crippen LogP contribution in [0.4, 0.5) is 5.69 Å². The summed E-state index contributed by atoms with van der Waals surface area (Å²) >= 11 is 0. The van der Waals surface area contributed by atoms with Gasteiger partial charge in [-0.3, -0.25) is 14.4 Å². The molecule has 0 saturated carbocycles. The summed E-state index contributed by atoms with van der Waals surface area (Å²) in [5.41, 5.74) is 2.57. The van der Waals surface area contributed by atoms with Crippen molar-refractivity contribution in [3.63, 3.8) is 0 Å². The van der Waals surface area contributed by atoms with E-state index >= 15 is 0 Å². The fourth-order valence-electron chi connectivity index (χ4n) is 4.64. The van der Waals surface area contributed by atoms with Gasteiger partial charge in [-0.2, -0.15) is 0 Å². The molecule has 174 valence electrons. The zero-order valence-corrected chi connectivity index (χ0v) is 19.6. The van der Waals surface area contributed by atoms with Gasteiger partial charge in [0, 0.05) is 62.5 Å². The standard InChI is InChI=1S/C25H31N5O3/c1-4-28(5-2)25(33)21-15-26-23(27-17(21)3)19-11-13-29(16-19)24(32)18-8-6-9-20(14-18)30-12-7-10-22(30)31/h6,8-9,14-15,19H,4-5,7,10-13,16H2,1-3H3/t19-/m1/s1. The number of benzene rings is 1. The molecule has 8 heteroatoms. The molecule has 2 aliphatic heterocycles. The monoisotopic (exact) mass is 449 g/mol. The molecule has 0 bridgehead atoms. The van der Waals surface area contributed by atoms with Crippen LogP contribution in [0.1, 0.15) is 71.3 Å². The largest absolute Gasteiger partial charge is 0.339 e. The quantitative estimate of drug-likeness (QED) is 0.677. The molecule has 0 unspecified atom stereocenters. The number of nitrogens with zero attached hydrogens (tertiary/aromatic N) is 5. The number of likely N-dealkylation sites (tertiary alicyclic amines) is 1. The number of amides is 3. The van der Waals surface area contributed by atoms with E-state index in [2.05, 4.69) is 9.97 Å². The van der Waals surface area contributed by atoms with Crippen molar-refractivity contribution in [1.29, 1.82) is 0 Å². The summed E-state index contributed by atoms with van der Waals surface area (Å²) in [4.78, 5) is 52.3. The molecule has 1 aromatic heterocycles. The van der Waals surface area contributed by atoms with Gasteiger partial charge in [0.25, 0.3) is 11.8 Å². The van der Waals surface area contributed by atoms with Crippen LogP contribution in [0.3, 0.4) is 0 Å². The molecule has 0 aliphatic carbocycles. The highest BCUT2D eigenvalue weighted by Gasteiger charge is 2.31. The molecule has 0 N–H and O–H groups in total. The molecule has 3 amide bonds. The van der Waals surface area contributed by atoms with Crippen molar-refractivity contribution in [2.45, 2.75) is 46.0 Å². The second-order valence-electron chi connectivity index (χ2n) is 8.64. The third-order valence-corrected chi connectivity index (χ3v) is 6.60. The summed E-state index contributed by atoms with van der Waals surface area (Å²) in [6.07, 6.45) is 3.81. The third kappa shape index (κ3) is 4.60. The number of aryl methyl sites for hydroxylation is 1. The maximum atomic E-state index is 13.2. The van der Waals surface area contributed by atoms with Gasteiger partial charge in [0.15, 0.2) is 0 Å². The van der Waals surface area contributed by atoms with Gasteiger partial charge >= 0.3 is 0 Å². The Morgan fingerprint density at radius 3 is 2.64 bits per heavy atom. The van der Waals surface area contributed by atoms with E-state index in [0.29, 0.717) is 61.8 Å². The van der Waals surface area contributed by atoms with Crippen LogP contribution in [-0.4, -0.2) is 70.2 Å². The van der Waals surface area contributed by atoms with Gasteiger partial charge in [0.05, 0.1) is 11.3 Å². The first kappa shape index (κ1) is 22.9. The number of hydrogen-bond acceptors (Lipinski definition) is 5. The molecule has 0 radical (unpaired) electrons. The highest BCUT2D eigenvalue weighted by molar-refractivity contribution is 5.99. The van der Waals surface area contributed by atoms with Crippen LogP contribution in [0.5, 0.6) is 0 Å². The minimum absolute atomic E-state index is 0.0357. The predicted molar refractivity (Wildman–Crippen MR) is 125 cm³/mol. The summed E-state index contributed by atoms with van der Waals surface area (Å²) in [7, 11) is 0. The number of carbonyl (C=O) groups is 3. The summed E-state index contributed by atoms with van der Waals surface area (Å²) in [6.45, 7) is 8.89. The molecule has 33 heavy (non-hydrogen) atoms. The smallest absolute Gasteiger partial charge is 0.257 e. The van der Waals surface area contributed by atoms with Crippen LogP contribution in [0, 0.1) is 6.92 Å². The number of anilines is 1. The zero-order chi connectivity index (χ0) is 23.5. The Hall–Kier alpha value is -3.29. The highest BCUT2D eigenvalue weighted by atomic mass is 16.2. The van der Waals surface area contributed by atoms with Crippen LogP contribution >= 0.6 is 0 Å². The van der Waals surface area contributed by atoms with Gasteiger partial charge < -0.3 is 14.7 Å². The Morgan fingerprint density at radius 1 is 1.18 bits per heavy atom. The molecular formula is C25H31N5O3. The van der Waals surface area contributed by atoms with Crippen LogP contribution in [0.15, 0.2) is 30.5 Å². The second kappa shape index (κ2) is 9.68. The normalized spacial score (nSPS) is 18.2. The van der Waals surface area contributed by atoms with E-state index in [1.807, 2.05) is 43.9 Å². The van der Waals surface area contributed by atoms with Crippen LogP contribution in [0.25, 0.3) is 0 Å².